The molecular weight excluding hydrogens is 336 g/mol. The van der Waals surface area contributed by atoms with Gasteiger partial charge in [0, 0.05) is 37.6 Å². The molecule has 7 nitrogen and oxygen atoms in total. The Bertz CT molecular complexity index is 809. The van der Waals surface area contributed by atoms with Crippen LogP contribution in [0, 0.1) is 0 Å². The van der Waals surface area contributed by atoms with Crippen LogP contribution in [0.5, 0.6) is 11.5 Å². The third kappa shape index (κ3) is 3.37. The van der Waals surface area contributed by atoms with Crippen LogP contribution in [0.25, 0.3) is 0 Å². The second kappa shape index (κ2) is 6.74. The molecule has 2 amide bonds. The van der Waals surface area contributed by atoms with Crippen LogP contribution in [-0.2, 0) is 4.79 Å². The Morgan fingerprint density at radius 1 is 1.08 bits per heavy atom. The molecule has 0 unspecified atom stereocenters. The van der Waals surface area contributed by atoms with Crippen molar-refractivity contribution in [2.75, 3.05) is 11.9 Å². The highest BCUT2D eigenvalue weighted by molar-refractivity contribution is 5.93. The number of carbonyl (C=O) groups is 2. The van der Waals surface area contributed by atoms with Gasteiger partial charge in [0.2, 0.25) is 5.91 Å². The molecule has 4 rings (SSSR count). The second-order valence-electron chi connectivity index (χ2n) is 6.51. The van der Waals surface area contributed by atoms with E-state index in [9.17, 15) is 9.59 Å². The van der Waals surface area contributed by atoms with Crippen molar-refractivity contribution in [1.29, 1.82) is 0 Å². The zero-order chi connectivity index (χ0) is 18.0. The number of rotatable bonds is 5. The third-order valence-electron chi connectivity index (χ3n) is 4.57. The number of hydrogen-bond acceptors (Lipinski definition) is 5. The number of nitrogens with one attached hydrogen (secondary N) is 2. The molecule has 136 valence electrons. The summed E-state index contributed by atoms with van der Waals surface area (Å²) < 4.78 is 16.9. The lowest BCUT2D eigenvalue weighted by molar-refractivity contribution is -0.116. The molecule has 7 heteroatoms. The molecule has 0 bridgehead atoms. The number of ether oxygens (including phenoxy) is 2. The molecule has 0 saturated heterocycles. The first-order valence-electron chi connectivity index (χ1n) is 8.77. The van der Waals surface area contributed by atoms with Crippen molar-refractivity contribution in [1.82, 2.24) is 5.32 Å². The summed E-state index contributed by atoms with van der Waals surface area (Å²) in [6.07, 6.45) is 5.56. The number of hydrogen-bond donors (Lipinski definition) is 2. The van der Waals surface area contributed by atoms with E-state index in [-0.39, 0.29) is 30.5 Å². The van der Waals surface area contributed by atoms with Crippen molar-refractivity contribution in [2.45, 2.75) is 37.9 Å². The smallest absolute Gasteiger partial charge is 0.286 e. The first-order valence-corrected chi connectivity index (χ1v) is 8.77. The zero-order valence-electron chi connectivity index (χ0n) is 14.2. The maximum atomic E-state index is 12.1. The van der Waals surface area contributed by atoms with E-state index in [2.05, 4.69) is 10.6 Å². The van der Waals surface area contributed by atoms with Crippen molar-refractivity contribution < 1.29 is 23.5 Å². The lowest BCUT2D eigenvalue weighted by Gasteiger charge is -2.21. The highest BCUT2D eigenvalue weighted by atomic mass is 16.7. The van der Waals surface area contributed by atoms with Gasteiger partial charge in [0.15, 0.2) is 17.3 Å². The molecule has 1 saturated carbocycles. The third-order valence-corrected chi connectivity index (χ3v) is 4.57. The summed E-state index contributed by atoms with van der Waals surface area (Å²) in [6, 6.07) is 8.59. The van der Waals surface area contributed by atoms with E-state index in [1.807, 2.05) is 6.07 Å². The minimum Gasteiger partial charge on any atom is -0.459 e. The van der Waals surface area contributed by atoms with Crippen molar-refractivity contribution in [3.63, 3.8) is 0 Å². The van der Waals surface area contributed by atoms with Crippen LogP contribution < -0.4 is 20.1 Å². The van der Waals surface area contributed by atoms with E-state index < -0.39 is 5.79 Å². The molecule has 0 radical (unpaired) electrons. The summed E-state index contributed by atoms with van der Waals surface area (Å²) in [4.78, 5) is 23.8. The summed E-state index contributed by atoms with van der Waals surface area (Å²) >= 11 is 0. The standard InChI is InChI=1S/C19H20N2O5/c22-17(7-10-20-18(23)15-4-3-11-24-15)21-13-5-6-14-16(12-13)26-19(25-14)8-1-2-9-19/h3-6,11-12H,1-2,7-10H2,(H,20,23)(H,21,22). The Hall–Kier alpha value is -2.96. The van der Waals surface area contributed by atoms with Gasteiger partial charge in [-0.1, -0.05) is 0 Å². The van der Waals surface area contributed by atoms with Gasteiger partial charge in [0.25, 0.3) is 11.7 Å². The summed E-state index contributed by atoms with van der Waals surface area (Å²) in [5, 5.41) is 5.45. The van der Waals surface area contributed by atoms with Gasteiger partial charge >= 0.3 is 0 Å². The van der Waals surface area contributed by atoms with Gasteiger partial charge < -0.3 is 24.5 Å². The largest absolute Gasteiger partial charge is 0.459 e. The Kier molecular flexibility index (Phi) is 4.28. The van der Waals surface area contributed by atoms with E-state index in [4.69, 9.17) is 13.9 Å². The van der Waals surface area contributed by atoms with E-state index in [0.717, 1.165) is 31.4 Å². The van der Waals surface area contributed by atoms with E-state index in [1.54, 1.807) is 24.3 Å². The molecule has 1 spiro atoms. The van der Waals surface area contributed by atoms with Crippen LogP contribution >= 0.6 is 0 Å². The van der Waals surface area contributed by atoms with Crippen molar-refractivity contribution in [3.05, 3.63) is 42.4 Å². The van der Waals surface area contributed by atoms with Crippen molar-refractivity contribution >= 4 is 17.5 Å². The van der Waals surface area contributed by atoms with E-state index in [1.165, 1.54) is 6.26 Å². The predicted octanol–water partition coefficient (Wildman–Crippen LogP) is 3.08. The quantitative estimate of drug-likeness (QED) is 0.859. The Labute approximate surface area is 150 Å². The maximum absolute atomic E-state index is 12.1. The lowest BCUT2D eigenvalue weighted by atomic mass is 10.2. The number of furan rings is 1. The van der Waals surface area contributed by atoms with Gasteiger partial charge in [0.05, 0.1) is 6.26 Å². The van der Waals surface area contributed by atoms with Crippen molar-refractivity contribution in [2.24, 2.45) is 0 Å². The molecule has 1 fully saturated rings. The Morgan fingerprint density at radius 3 is 2.65 bits per heavy atom. The molecule has 26 heavy (non-hydrogen) atoms. The molecule has 1 aromatic carbocycles. The fourth-order valence-electron chi connectivity index (χ4n) is 3.30. The summed E-state index contributed by atoms with van der Waals surface area (Å²) in [5.74, 6) is 0.557. The lowest BCUT2D eigenvalue weighted by Crippen LogP contribution is -2.34. The molecule has 1 aromatic heterocycles. The predicted molar refractivity (Wildman–Crippen MR) is 93.2 cm³/mol. The highest BCUT2D eigenvalue weighted by Gasteiger charge is 2.44. The Balaban J connectivity index is 1.28. The van der Waals surface area contributed by atoms with Gasteiger partial charge in [0.1, 0.15) is 0 Å². The molecule has 2 heterocycles. The number of fused-ring (bicyclic) bond motifs is 1. The van der Waals surface area contributed by atoms with Gasteiger partial charge in [-0.3, -0.25) is 9.59 Å². The molecular formula is C19H20N2O5. The fourth-order valence-corrected chi connectivity index (χ4v) is 3.30. The first kappa shape index (κ1) is 16.5. The molecule has 2 aromatic rings. The van der Waals surface area contributed by atoms with E-state index in [0.29, 0.717) is 11.4 Å². The monoisotopic (exact) mass is 356 g/mol. The van der Waals surface area contributed by atoms with Crippen LogP contribution in [0.1, 0.15) is 42.7 Å². The van der Waals surface area contributed by atoms with Gasteiger partial charge in [-0.15, -0.1) is 0 Å². The number of carbonyl (C=O) groups excluding carboxylic acids is 2. The molecule has 0 atom stereocenters. The van der Waals surface area contributed by atoms with Crippen LogP contribution in [0.3, 0.4) is 0 Å². The average Bonchev–Trinajstić information content (AvgIpc) is 3.35. The topological polar surface area (TPSA) is 89.8 Å². The van der Waals surface area contributed by atoms with Crippen LogP contribution in [-0.4, -0.2) is 24.1 Å². The minimum atomic E-state index is -0.513. The van der Waals surface area contributed by atoms with Gasteiger partial charge in [-0.2, -0.15) is 0 Å². The van der Waals surface area contributed by atoms with Crippen LogP contribution in [0.2, 0.25) is 0 Å². The van der Waals surface area contributed by atoms with Crippen LogP contribution in [0.4, 0.5) is 5.69 Å². The minimum absolute atomic E-state index is 0.158. The molecule has 1 aliphatic heterocycles. The van der Waals surface area contributed by atoms with E-state index >= 15 is 0 Å². The average molecular weight is 356 g/mol. The van der Waals surface area contributed by atoms with Gasteiger partial charge in [-0.05, 0) is 37.1 Å². The second-order valence-corrected chi connectivity index (χ2v) is 6.51. The maximum Gasteiger partial charge on any atom is 0.286 e. The number of anilines is 1. The van der Waals surface area contributed by atoms with Crippen LogP contribution in [0.15, 0.2) is 41.0 Å². The molecule has 2 N–H and O–H groups in total. The first-order chi connectivity index (χ1) is 12.6. The SMILES string of the molecule is O=C(CCNC(=O)c1ccco1)Nc1ccc2c(c1)OC1(CCCC1)O2. The number of benzene rings is 1. The normalized spacial score (nSPS) is 16.6. The Morgan fingerprint density at radius 2 is 1.88 bits per heavy atom. The zero-order valence-corrected chi connectivity index (χ0v) is 14.2. The van der Waals surface area contributed by atoms with Crippen molar-refractivity contribution in [3.8, 4) is 11.5 Å². The number of amides is 2. The fraction of sp³-hybridized carbons (Fsp3) is 0.368. The summed E-state index contributed by atoms with van der Waals surface area (Å²) in [7, 11) is 0. The summed E-state index contributed by atoms with van der Waals surface area (Å²) in [5.41, 5.74) is 0.643. The molecule has 1 aliphatic carbocycles. The highest BCUT2D eigenvalue weighted by Crippen LogP contribution is 2.47. The molecule has 2 aliphatic rings. The van der Waals surface area contributed by atoms with Gasteiger partial charge in [-0.25, -0.2) is 0 Å². The summed E-state index contributed by atoms with van der Waals surface area (Å²) in [6.45, 7) is 0.221.